The van der Waals surface area contributed by atoms with E-state index in [0.717, 1.165) is 15.3 Å². The van der Waals surface area contributed by atoms with Gasteiger partial charge < -0.3 is 14.8 Å². The Morgan fingerprint density at radius 3 is 2.58 bits per heavy atom. The first kappa shape index (κ1) is 23.2. The van der Waals surface area contributed by atoms with Crippen LogP contribution in [0.5, 0.6) is 5.75 Å². The molecule has 2 heterocycles. The minimum absolute atomic E-state index is 0.0928. The van der Waals surface area contributed by atoms with Crippen LogP contribution in [0.15, 0.2) is 71.6 Å². The Labute approximate surface area is 197 Å². The summed E-state index contributed by atoms with van der Waals surface area (Å²) in [6.07, 6.45) is 3.15. The summed E-state index contributed by atoms with van der Waals surface area (Å²) >= 11 is 1.58. The first-order chi connectivity index (χ1) is 16.0. The molecule has 1 aliphatic rings. The third-order valence-corrected chi connectivity index (χ3v) is 8.11. The molecule has 9 heteroatoms. The van der Waals surface area contributed by atoms with Gasteiger partial charge in [0, 0.05) is 28.9 Å². The molecule has 0 unspecified atom stereocenters. The zero-order chi connectivity index (χ0) is 23.3. The maximum absolute atomic E-state index is 13.0. The number of morpholine rings is 1. The Morgan fingerprint density at radius 1 is 1.09 bits per heavy atom. The molecule has 1 amide bonds. The van der Waals surface area contributed by atoms with Gasteiger partial charge in [-0.3, -0.25) is 4.79 Å². The second-order valence-corrected chi connectivity index (χ2v) is 10.3. The molecule has 172 valence electrons. The van der Waals surface area contributed by atoms with E-state index in [-0.39, 0.29) is 16.5 Å². The number of sulfonamides is 1. The number of hydrogen-bond acceptors (Lipinski definition) is 6. The number of nitrogens with zero attached hydrogens (tertiary/aromatic N) is 1. The van der Waals surface area contributed by atoms with Crippen molar-refractivity contribution in [3.63, 3.8) is 0 Å². The summed E-state index contributed by atoms with van der Waals surface area (Å²) in [7, 11) is -2.23. The summed E-state index contributed by atoms with van der Waals surface area (Å²) in [6.45, 7) is 1.31. The summed E-state index contributed by atoms with van der Waals surface area (Å²) in [5.74, 6) is -0.0101. The van der Waals surface area contributed by atoms with Crippen molar-refractivity contribution in [1.82, 2.24) is 4.31 Å². The van der Waals surface area contributed by atoms with Gasteiger partial charge in [0.2, 0.25) is 15.9 Å². The van der Waals surface area contributed by atoms with Crippen molar-refractivity contribution in [3.05, 3.63) is 71.6 Å². The molecule has 0 bridgehead atoms. The van der Waals surface area contributed by atoms with Gasteiger partial charge in [-0.25, -0.2) is 8.42 Å². The minimum atomic E-state index is -3.69. The zero-order valence-electron chi connectivity index (χ0n) is 18.1. The van der Waals surface area contributed by atoms with Crippen molar-refractivity contribution in [2.45, 2.75) is 4.90 Å². The second-order valence-electron chi connectivity index (χ2n) is 7.27. The van der Waals surface area contributed by atoms with Crippen LogP contribution in [-0.4, -0.2) is 52.0 Å². The smallest absolute Gasteiger partial charge is 0.248 e. The fourth-order valence-electron chi connectivity index (χ4n) is 3.41. The number of carbonyl (C=O) groups excluding carboxylic acids is 1. The molecule has 1 fully saturated rings. The fourth-order valence-corrected chi connectivity index (χ4v) is 5.76. The maximum atomic E-state index is 13.0. The van der Waals surface area contributed by atoms with Crippen molar-refractivity contribution >= 4 is 39.0 Å². The lowest BCUT2D eigenvalue weighted by Crippen LogP contribution is -2.40. The predicted octanol–water partition coefficient (Wildman–Crippen LogP) is 4.10. The number of carbonyl (C=O) groups is 1. The Morgan fingerprint density at radius 2 is 1.85 bits per heavy atom. The van der Waals surface area contributed by atoms with E-state index in [1.54, 1.807) is 17.4 Å². The Kier molecular flexibility index (Phi) is 7.24. The van der Waals surface area contributed by atoms with E-state index in [0.29, 0.717) is 32.1 Å². The monoisotopic (exact) mass is 484 g/mol. The molecular formula is C24H24N2O5S2. The van der Waals surface area contributed by atoms with Crippen LogP contribution in [0.4, 0.5) is 5.69 Å². The van der Waals surface area contributed by atoms with Crippen molar-refractivity contribution < 1.29 is 22.7 Å². The van der Waals surface area contributed by atoms with Gasteiger partial charge in [0.1, 0.15) is 5.75 Å². The van der Waals surface area contributed by atoms with Crippen LogP contribution in [0.2, 0.25) is 0 Å². The van der Waals surface area contributed by atoms with Crippen molar-refractivity contribution in [3.8, 4) is 16.2 Å². The van der Waals surface area contributed by atoms with Gasteiger partial charge in [-0.2, -0.15) is 4.31 Å². The number of methoxy groups -OCH3 is 1. The highest BCUT2D eigenvalue weighted by Gasteiger charge is 2.27. The van der Waals surface area contributed by atoms with E-state index in [1.165, 1.54) is 35.7 Å². The molecule has 1 saturated heterocycles. The average molecular weight is 485 g/mol. The summed E-state index contributed by atoms with van der Waals surface area (Å²) < 4.78 is 37.9. The predicted molar refractivity (Wildman–Crippen MR) is 130 cm³/mol. The van der Waals surface area contributed by atoms with Crippen LogP contribution in [0.1, 0.15) is 4.88 Å². The van der Waals surface area contributed by atoms with Crippen LogP contribution in [0.3, 0.4) is 0 Å². The van der Waals surface area contributed by atoms with E-state index in [2.05, 4.69) is 5.32 Å². The van der Waals surface area contributed by atoms with Crippen molar-refractivity contribution in [2.75, 3.05) is 38.7 Å². The van der Waals surface area contributed by atoms with Gasteiger partial charge in [0.15, 0.2) is 0 Å². The van der Waals surface area contributed by atoms with Crippen LogP contribution >= 0.6 is 11.3 Å². The normalized spacial score (nSPS) is 14.9. The molecule has 3 aromatic rings. The standard InChI is InChI=1S/C24H24N2O5S2/c1-30-22-10-9-20(33(28,29)26-13-15-31-16-14-26)17-21(22)25-24(27)12-8-19-7-11-23(32-19)18-5-3-2-4-6-18/h2-12,17H,13-16H2,1H3,(H,25,27). The molecule has 33 heavy (non-hydrogen) atoms. The Balaban J connectivity index is 1.49. The lowest BCUT2D eigenvalue weighted by molar-refractivity contribution is -0.111. The quantitative estimate of drug-likeness (QED) is 0.511. The molecule has 2 aromatic carbocycles. The molecule has 0 spiro atoms. The van der Waals surface area contributed by atoms with E-state index in [1.807, 2.05) is 42.5 Å². The highest BCUT2D eigenvalue weighted by molar-refractivity contribution is 7.89. The minimum Gasteiger partial charge on any atom is -0.495 e. The second kappa shape index (κ2) is 10.3. The van der Waals surface area contributed by atoms with Gasteiger partial charge in [-0.05, 0) is 42.0 Å². The van der Waals surface area contributed by atoms with Crippen LogP contribution in [0.25, 0.3) is 16.5 Å². The molecule has 1 aliphatic heterocycles. The third kappa shape index (κ3) is 5.51. The molecule has 7 nitrogen and oxygen atoms in total. The summed E-state index contributed by atoms with van der Waals surface area (Å²) in [4.78, 5) is 14.7. The molecule has 0 atom stereocenters. The molecule has 0 saturated carbocycles. The third-order valence-electron chi connectivity index (χ3n) is 5.12. The topological polar surface area (TPSA) is 84.9 Å². The highest BCUT2D eigenvalue weighted by Crippen LogP contribution is 2.30. The van der Waals surface area contributed by atoms with Crippen molar-refractivity contribution in [1.29, 1.82) is 0 Å². The first-order valence-corrected chi connectivity index (χ1v) is 12.6. The molecule has 1 N–H and O–H groups in total. The van der Waals surface area contributed by atoms with Crippen LogP contribution in [-0.2, 0) is 19.6 Å². The number of nitrogens with one attached hydrogen (secondary N) is 1. The summed E-state index contributed by atoms with van der Waals surface area (Å²) in [6, 6.07) is 18.4. The van der Waals surface area contributed by atoms with Crippen molar-refractivity contribution in [2.24, 2.45) is 0 Å². The number of ether oxygens (including phenoxy) is 2. The number of benzene rings is 2. The Hall–Kier alpha value is -2.98. The van der Waals surface area contributed by atoms with Gasteiger partial charge in [-0.15, -0.1) is 11.3 Å². The van der Waals surface area contributed by atoms with E-state index < -0.39 is 10.0 Å². The number of anilines is 1. The summed E-state index contributed by atoms with van der Waals surface area (Å²) in [5.41, 5.74) is 1.41. The maximum Gasteiger partial charge on any atom is 0.248 e. The van der Waals surface area contributed by atoms with Gasteiger partial charge in [0.25, 0.3) is 0 Å². The first-order valence-electron chi connectivity index (χ1n) is 10.4. The molecule has 0 radical (unpaired) electrons. The molecular weight excluding hydrogens is 460 g/mol. The number of rotatable bonds is 7. The number of thiophene rings is 1. The van der Waals surface area contributed by atoms with Crippen LogP contribution < -0.4 is 10.1 Å². The zero-order valence-corrected chi connectivity index (χ0v) is 19.7. The van der Waals surface area contributed by atoms with Gasteiger partial charge >= 0.3 is 0 Å². The number of hydrogen-bond donors (Lipinski definition) is 1. The molecule has 1 aromatic heterocycles. The van der Waals surface area contributed by atoms with Crippen LogP contribution in [0, 0.1) is 0 Å². The van der Waals surface area contributed by atoms with E-state index in [4.69, 9.17) is 9.47 Å². The number of amides is 1. The summed E-state index contributed by atoms with van der Waals surface area (Å²) in [5, 5.41) is 2.73. The fraction of sp³-hybridized carbons (Fsp3) is 0.208. The van der Waals surface area contributed by atoms with Gasteiger partial charge in [0.05, 0.1) is 30.9 Å². The SMILES string of the molecule is COc1ccc(S(=O)(=O)N2CCOCC2)cc1NC(=O)C=Cc1ccc(-c2ccccc2)s1. The van der Waals surface area contributed by atoms with E-state index >= 15 is 0 Å². The lowest BCUT2D eigenvalue weighted by Gasteiger charge is -2.26. The molecule has 0 aliphatic carbocycles. The molecule has 4 rings (SSSR count). The Bertz CT molecular complexity index is 1250. The highest BCUT2D eigenvalue weighted by atomic mass is 32.2. The lowest BCUT2D eigenvalue weighted by atomic mass is 10.2. The van der Waals surface area contributed by atoms with Gasteiger partial charge in [-0.1, -0.05) is 30.3 Å². The average Bonchev–Trinajstić information content (AvgIpc) is 3.33. The van der Waals surface area contributed by atoms with E-state index in [9.17, 15) is 13.2 Å². The largest absolute Gasteiger partial charge is 0.495 e.